The van der Waals surface area contributed by atoms with Crippen molar-refractivity contribution in [1.29, 1.82) is 0 Å². The number of pyridine rings is 1. The molecule has 5 nitrogen and oxygen atoms in total. The van der Waals surface area contributed by atoms with Gasteiger partial charge in [0.25, 0.3) is 5.91 Å². The van der Waals surface area contributed by atoms with Gasteiger partial charge < -0.3 is 16.2 Å². The Bertz CT molecular complexity index is 628. The summed E-state index contributed by atoms with van der Waals surface area (Å²) in [4.78, 5) is 15.0. The molecule has 21 heavy (non-hydrogen) atoms. The number of aliphatic hydroxyl groups excluding tert-OH is 1. The lowest BCUT2D eigenvalue weighted by molar-refractivity contribution is 0.0995. The molecule has 0 aliphatic rings. The average molecular weight is 285 g/mol. The van der Waals surface area contributed by atoms with E-state index in [-0.39, 0.29) is 18.3 Å². The normalized spacial score (nSPS) is 11.9. The van der Waals surface area contributed by atoms with Crippen molar-refractivity contribution in [3.05, 3.63) is 59.4 Å². The number of aromatic nitrogens is 1. The van der Waals surface area contributed by atoms with E-state index in [0.717, 1.165) is 5.56 Å². The number of amides is 1. The molecule has 0 unspecified atom stereocenters. The van der Waals surface area contributed by atoms with Crippen molar-refractivity contribution in [3.8, 4) is 0 Å². The first-order valence-corrected chi connectivity index (χ1v) is 6.77. The molecule has 1 aromatic heterocycles. The van der Waals surface area contributed by atoms with Crippen molar-refractivity contribution >= 4 is 11.6 Å². The van der Waals surface area contributed by atoms with Gasteiger partial charge in [-0.1, -0.05) is 29.8 Å². The molecule has 5 heteroatoms. The van der Waals surface area contributed by atoms with Crippen LogP contribution >= 0.6 is 0 Å². The Morgan fingerprint density at radius 1 is 1.38 bits per heavy atom. The first-order valence-electron chi connectivity index (χ1n) is 6.77. The van der Waals surface area contributed by atoms with E-state index in [1.807, 2.05) is 25.1 Å². The lowest BCUT2D eigenvalue weighted by Crippen LogP contribution is -2.26. The minimum absolute atomic E-state index is 0.0117. The molecule has 0 bridgehead atoms. The third-order valence-electron chi connectivity index (χ3n) is 3.17. The quantitative estimate of drug-likeness (QED) is 0.750. The van der Waals surface area contributed by atoms with Crippen LogP contribution in [0.1, 0.15) is 21.6 Å². The number of aliphatic hydroxyl groups is 1. The van der Waals surface area contributed by atoms with Crippen molar-refractivity contribution < 1.29 is 9.90 Å². The monoisotopic (exact) mass is 285 g/mol. The van der Waals surface area contributed by atoms with Gasteiger partial charge in [0.15, 0.2) is 0 Å². The molecule has 1 heterocycles. The summed E-state index contributed by atoms with van der Waals surface area (Å²) in [5, 5.41) is 12.7. The number of carbonyl (C=O) groups excluding carboxylic acids is 1. The van der Waals surface area contributed by atoms with E-state index >= 15 is 0 Å². The number of nitrogens with zero attached hydrogens (tertiary/aromatic N) is 1. The molecule has 2 aromatic rings. The van der Waals surface area contributed by atoms with Gasteiger partial charge in [-0.2, -0.15) is 0 Å². The van der Waals surface area contributed by atoms with Crippen LogP contribution in [0.4, 0.5) is 5.69 Å². The molecule has 1 amide bonds. The van der Waals surface area contributed by atoms with E-state index in [2.05, 4.69) is 16.4 Å². The number of nitrogens with two attached hydrogens (primary N) is 1. The third kappa shape index (κ3) is 4.29. The molecule has 1 atom stereocenters. The highest BCUT2D eigenvalue weighted by atomic mass is 16.3. The number of primary amides is 1. The van der Waals surface area contributed by atoms with Crippen molar-refractivity contribution in [2.45, 2.75) is 19.4 Å². The van der Waals surface area contributed by atoms with Crippen LogP contribution in [0.25, 0.3) is 0 Å². The molecule has 0 aliphatic carbocycles. The molecule has 0 aliphatic heterocycles. The van der Waals surface area contributed by atoms with Crippen LogP contribution in [-0.2, 0) is 6.42 Å². The highest BCUT2D eigenvalue weighted by Crippen LogP contribution is 2.13. The highest BCUT2D eigenvalue weighted by Gasteiger charge is 2.10. The fraction of sp³-hybridized carbons (Fsp3) is 0.250. The van der Waals surface area contributed by atoms with Gasteiger partial charge in [-0.25, -0.2) is 0 Å². The zero-order valence-electron chi connectivity index (χ0n) is 11.9. The van der Waals surface area contributed by atoms with Crippen LogP contribution in [0.3, 0.4) is 0 Å². The second-order valence-electron chi connectivity index (χ2n) is 5.01. The number of nitrogens with one attached hydrogen (secondary N) is 1. The maximum atomic E-state index is 11.1. The van der Waals surface area contributed by atoms with E-state index in [0.29, 0.717) is 12.1 Å². The van der Waals surface area contributed by atoms with Crippen molar-refractivity contribution in [3.63, 3.8) is 0 Å². The third-order valence-corrected chi connectivity index (χ3v) is 3.17. The number of hydrogen-bond donors (Lipinski definition) is 3. The first-order chi connectivity index (χ1) is 10.1. The summed E-state index contributed by atoms with van der Waals surface area (Å²) in [6, 6.07) is 11.3. The zero-order valence-corrected chi connectivity index (χ0v) is 11.9. The molecule has 0 saturated heterocycles. The van der Waals surface area contributed by atoms with Gasteiger partial charge in [0.05, 0.1) is 12.6 Å². The summed E-state index contributed by atoms with van der Waals surface area (Å²) in [5.41, 5.74) is 8.45. The van der Waals surface area contributed by atoms with Gasteiger partial charge in [0.2, 0.25) is 0 Å². The van der Waals surface area contributed by atoms with E-state index < -0.39 is 5.91 Å². The summed E-state index contributed by atoms with van der Waals surface area (Å²) in [7, 11) is 0. The van der Waals surface area contributed by atoms with Crippen LogP contribution in [-0.4, -0.2) is 28.6 Å². The number of rotatable bonds is 6. The van der Waals surface area contributed by atoms with Gasteiger partial charge in [0, 0.05) is 11.9 Å². The SMILES string of the molecule is Cc1cccc(C[C@@H](CO)Nc2ccnc(C(N)=O)c2)c1. The second kappa shape index (κ2) is 6.85. The number of carbonyl (C=O) groups is 1. The minimum atomic E-state index is -0.571. The molecule has 0 spiro atoms. The molecule has 4 N–H and O–H groups in total. The van der Waals surface area contributed by atoms with Gasteiger partial charge >= 0.3 is 0 Å². The van der Waals surface area contributed by atoms with Crippen LogP contribution in [0.15, 0.2) is 42.6 Å². The van der Waals surface area contributed by atoms with E-state index in [1.165, 1.54) is 11.8 Å². The van der Waals surface area contributed by atoms with Crippen LogP contribution in [0.2, 0.25) is 0 Å². The average Bonchev–Trinajstić information content (AvgIpc) is 2.47. The Morgan fingerprint density at radius 3 is 2.86 bits per heavy atom. The van der Waals surface area contributed by atoms with E-state index in [1.54, 1.807) is 12.1 Å². The number of anilines is 1. The summed E-state index contributed by atoms with van der Waals surface area (Å²) < 4.78 is 0. The smallest absolute Gasteiger partial charge is 0.267 e. The topological polar surface area (TPSA) is 88.2 Å². The summed E-state index contributed by atoms with van der Waals surface area (Å²) >= 11 is 0. The lowest BCUT2D eigenvalue weighted by atomic mass is 10.0. The van der Waals surface area contributed by atoms with Gasteiger partial charge in [-0.3, -0.25) is 9.78 Å². The number of aryl methyl sites for hydroxylation is 1. The zero-order chi connectivity index (χ0) is 15.2. The summed E-state index contributed by atoms with van der Waals surface area (Å²) in [6.07, 6.45) is 2.20. The molecule has 0 fully saturated rings. The van der Waals surface area contributed by atoms with E-state index in [4.69, 9.17) is 5.73 Å². The predicted octanol–water partition coefficient (Wildman–Crippen LogP) is 1.50. The molecular weight excluding hydrogens is 266 g/mol. The Hall–Kier alpha value is -2.40. The van der Waals surface area contributed by atoms with E-state index in [9.17, 15) is 9.90 Å². The Labute approximate surface area is 123 Å². The Morgan fingerprint density at radius 2 is 2.19 bits per heavy atom. The van der Waals surface area contributed by atoms with Gasteiger partial charge in [-0.05, 0) is 31.0 Å². The van der Waals surface area contributed by atoms with Gasteiger partial charge in [-0.15, -0.1) is 0 Å². The molecular formula is C16H19N3O2. The second-order valence-corrected chi connectivity index (χ2v) is 5.01. The molecule has 0 saturated carbocycles. The largest absolute Gasteiger partial charge is 0.394 e. The highest BCUT2D eigenvalue weighted by molar-refractivity contribution is 5.91. The summed E-state index contributed by atoms with van der Waals surface area (Å²) in [5.74, 6) is -0.571. The Balaban J connectivity index is 2.08. The fourth-order valence-electron chi connectivity index (χ4n) is 2.18. The summed E-state index contributed by atoms with van der Waals surface area (Å²) in [6.45, 7) is 2.02. The molecule has 2 rings (SSSR count). The van der Waals surface area contributed by atoms with Crippen LogP contribution in [0.5, 0.6) is 0 Å². The van der Waals surface area contributed by atoms with Crippen LogP contribution in [0, 0.1) is 6.92 Å². The molecule has 0 radical (unpaired) electrons. The molecule has 110 valence electrons. The van der Waals surface area contributed by atoms with Crippen molar-refractivity contribution in [2.24, 2.45) is 5.73 Å². The lowest BCUT2D eigenvalue weighted by Gasteiger charge is -2.18. The minimum Gasteiger partial charge on any atom is -0.394 e. The van der Waals surface area contributed by atoms with Gasteiger partial charge in [0.1, 0.15) is 5.69 Å². The van der Waals surface area contributed by atoms with Crippen molar-refractivity contribution in [2.75, 3.05) is 11.9 Å². The number of benzene rings is 1. The standard InChI is InChI=1S/C16H19N3O2/c1-11-3-2-4-12(7-11)8-14(10-20)19-13-5-6-18-15(9-13)16(17)21/h2-7,9,14,20H,8,10H2,1H3,(H2,17,21)(H,18,19)/t14-/m0/s1. The fourth-order valence-corrected chi connectivity index (χ4v) is 2.18. The Kier molecular flexibility index (Phi) is 4.90. The van der Waals surface area contributed by atoms with Crippen LogP contribution < -0.4 is 11.1 Å². The first kappa shape index (κ1) is 15.0. The maximum absolute atomic E-state index is 11.1. The predicted molar refractivity (Wildman–Crippen MR) is 82.1 cm³/mol. The molecule has 1 aromatic carbocycles. The van der Waals surface area contributed by atoms with Crippen molar-refractivity contribution in [1.82, 2.24) is 4.98 Å². The maximum Gasteiger partial charge on any atom is 0.267 e. The number of hydrogen-bond acceptors (Lipinski definition) is 4.